The molecule has 0 aliphatic heterocycles. The van der Waals surface area contributed by atoms with Gasteiger partial charge in [-0.05, 0) is 6.07 Å². The summed E-state index contributed by atoms with van der Waals surface area (Å²) >= 11 is 0.490. The van der Waals surface area contributed by atoms with Crippen LogP contribution < -0.4 is 33.7 Å². The Morgan fingerprint density at radius 1 is 1.47 bits per heavy atom. The number of nitro benzene ring substituents is 1. The molecule has 0 atom stereocenters. The van der Waals surface area contributed by atoms with Crippen molar-refractivity contribution in [1.29, 1.82) is 10.5 Å². The Hall–Kier alpha value is -1.78. The molecular weight excluding hydrogens is 281 g/mol. The number of nitrogens with zero attached hydrogens (tertiary/aromatic N) is 5. The average Bonchev–Trinajstić information content (AvgIpc) is 2.73. The van der Waals surface area contributed by atoms with Crippen molar-refractivity contribution >= 4 is 28.4 Å². The summed E-state index contributed by atoms with van der Waals surface area (Å²) in [6, 6.07) is 5.86. The molecule has 2 aromatic rings. The van der Waals surface area contributed by atoms with Gasteiger partial charge in [-0.2, -0.15) is 14.6 Å². The van der Waals surface area contributed by atoms with Crippen molar-refractivity contribution in [2.75, 3.05) is 0 Å². The van der Waals surface area contributed by atoms with Gasteiger partial charge in [-0.3, -0.25) is 10.1 Å². The third-order valence-corrected chi connectivity index (χ3v) is 2.91. The fourth-order valence-electron chi connectivity index (χ4n) is 1.53. The van der Waals surface area contributed by atoms with Gasteiger partial charge in [0.15, 0.2) is 5.92 Å². The first-order valence-electron chi connectivity index (χ1n) is 4.56. The molecule has 2 rings (SSSR count). The largest absolute Gasteiger partial charge is 1.00 e. The minimum Gasteiger partial charge on any atom is -1.00 e. The molecule has 0 fully saturated rings. The molecular formula is C9H4N5NaO3S. The molecule has 0 saturated heterocycles. The van der Waals surface area contributed by atoms with Crippen molar-refractivity contribution in [3.05, 3.63) is 33.0 Å². The van der Waals surface area contributed by atoms with E-state index < -0.39 is 16.5 Å². The van der Waals surface area contributed by atoms with Crippen LogP contribution >= 0.6 is 11.7 Å². The number of non-ortho nitro benzene ring substituents is 1. The van der Waals surface area contributed by atoms with Crippen molar-refractivity contribution in [3.63, 3.8) is 0 Å². The molecule has 1 aromatic heterocycles. The predicted octanol–water partition coefficient (Wildman–Crippen LogP) is -1.91. The van der Waals surface area contributed by atoms with Crippen LogP contribution in [-0.2, 0) is 0 Å². The molecule has 1 heterocycles. The summed E-state index contributed by atoms with van der Waals surface area (Å²) in [4.78, 5) is 10.1. The van der Waals surface area contributed by atoms with E-state index in [2.05, 4.69) is 4.37 Å². The minimum atomic E-state index is -1.12. The summed E-state index contributed by atoms with van der Waals surface area (Å²) in [6.07, 6.45) is 0. The Morgan fingerprint density at radius 2 is 2.11 bits per heavy atom. The smallest absolute Gasteiger partial charge is 1.00 e. The summed E-state index contributed by atoms with van der Waals surface area (Å²) in [5.74, 6) is -1.12. The van der Waals surface area contributed by atoms with Crippen LogP contribution in [0.5, 0.6) is 0 Å². The molecule has 0 radical (unpaired) electrons. The zero-order chi connectivity index (χ0) is 13.3. The monoisotopic (exact) mass is 285 g/mol. The molecule has 0 saturated carbocycles. The predicted molar refractivity (Wildman–Crippen MR) is 60.3 cm³/mol. The van der Waals surface area contributed by atoms with Gasteiger partial charge in [0.25, 0.3) is 22.8 Å². The fraction of sp³-hybridized carbons (Fsp3) is 0.111. The topological polar surface area (TPSA) is 131 Å². The fourth-order valence-corrected chi connectivity index (χ4v) is 2.14. The summed E-state index contributed by atoms with van der Waals surface area (Å²) in [5, 5.41) is 39.9. The molecule has 0 aliphatic rings. The van der Waals surface area contributed by atoms with Gasteiger partial charge >= 0.3 is 35.2 Å². The molecule has 0 bridgehead atoms. The van der Waals surface area contributed by atoms with E-state index in [1.807, 2.05) is 0 Å². The minimum absolute atomic E-state index is 0. The number of rotatable bonds is 2. The van der Waals surface area contributed by atoms with E-state index >= 15 is 0 Å². The van der Waals surface area contributed by atoms with Crippen LogP contribution in [0, 0.1) is 38.0 Å². The van der Waals surface area contributed by atoms with Gasteiger partial charge in [-0.1, -0.05) is 0 Å². The van der Waals surface area contributed by atoms with E-state index in [0.717, 1.165) is 6.07 Å². The van der Waals surface area contributed by atoms with Gasteiger partial charge in [0.1, 0.15) is 0 Å². The van der Waals surface area contributed by atoms with Crippen LogP contribution in [0.4, 0.5) is 5.69 Å². The van der Waals surface area contributed by atoms with E-state index in [0.29, 0.717) is 15.8 Å². The normalized spacial score (nSPS) is 9.63. The van der Waals surface area contributed by atoms with E-state index in [9.17, 15) is 15.3 Å². The van der Waals surface area contributed by atoms with Crippen LogP contribution in [-0.4, -0.2) is 9.30 Å². The van der Waals surface area contributed by atoms with Gasteiger partial charge in [-0.25, -0.2) is 0 Å². The average molecular weight is 285 g/mol. The zero-order valence-corrected chi connectivity index (χ0v) is 12.4. The summed E-state index contributed by atoms with van der Waals surface area (Å²) in [5.41, 5.74) is -0.395. The van der Waals surface area contributed by atoms with Crippen molar-refractivity contribution in [1.82, 2.24) is 4.37 Å². The van der Waals surface area contributed by atoms with Gasteiger partial charge in [0.05, 0.1) is 17.1 Å². The Morgan fingerprint density at radius 3 is 2.63 bits per heavy atom. The summed E-state index contributed by atoms with van der Waals surface area (Å²) in [7, 11) is 0. The van der Waals surface area contributed by atoms with Crippen LogP contribution in [0.1, 0.15) is 12.9 Å². The number of hydrogen-bond donors (Lipinski definition) is 0. The van der Waals surface area contributed by atoms with Crippen molar-refractivity contribution in [2.45, 2.75) is 5.92 Å². The molecule has 0 N–H and O–H groups in total. The molecule has 0 spiro atoms. The van der Waals surface area contributed by atoms with Crippen LogP contribution in [0.3, 0.4) is 0 Å². The van der Waals surface area contributed by atoms with Crippen LogP contribution in [0.25, 0.3) is 11.0 Å². The van der Waals surface area contributed by atoms with Gasteiger partial charge in [-0.15, -0.1) is 0 Å². The quantitative estimate of drug-likeness (QED) is 0.208. The van der Waals surface area contributed by atoms with E-state index in [1.54, 1.807) is 12.1 Å². The van der Waals surface area contributed by atoms with Gasteiger partial charge < -0.3 is 6.63 Å². The number of benzene rings is 1. The van der Waals surface area contributed by atoms with Crippen molar-refractivity contribution in [3.8, 4) is 12.1 Å². The first-order chi connectivity index (χ1) is 8.60. The maximum Gasteiger partial charge on any atom is 1.00 e. The number of nitriles is 2. The van der Waals surface area contributed by atoms with Crippen LogP contribution in [0.2, 0.25) is 0 Å². The van der Waals surface area contributed by atoms with Crippen molar-refractivity contribution < 1.29 is 40.0 Å². The first kappa shape index (κ1) is 15.3. The maximum atomic E-state index is 11.5. The second-order valence-corrected chi connectivity index (χ2v) is 3.93. The Balaban J connectivity index is 0.00000180. The molecule has 90 valence electrons. The number of aromatic nitrogens is 2. The van der Waals surface area contributed by atoms with E-state index in [1.165, 1.54) is 6.07 Å². The van der Waals surface area contributed by atoms with E-state index in [4.69, 9.17) is 10.5 Å². The summed E-state index contributed by atoms with van der Waals surface area (Å²) in [6.45, 7) is 0. The Bertz CT molecular complexity index is 723. The molecule has 19 heavy (non-hydrogen) atoms. The number of nitro groups is 1. The molecule has 0 aliphatic carbocycles. The van der Waals surface area contributed by atoms with Crippen LogP contribution in [0.15, 0.2) is 12.1 Å². The molecule has 1 aromatic carbocycles. The zero-order valence-electron chi connectivity index (χ0n) is 10.6. The molecule has 0 unspecified atom stereocenters. The second-order valence-electron chi connectivity index (χ2n) is 3.25. The number of hydrogen-bond acceptors (Lipinski definition) is 7. The summed E-state index contributed by atoms with van der Waals surface area (Å²) < 4.78 is 4.06. The maximum absolute atomic E-state index is 11.5. The van der Waals surface area contributed by atoms with E-state index in [-0.39, 0.29) is 47.6 Å². The Labute approximate surface area is 134 Å². The molecule has 0 amide bonds. The standard InChI is InChI=1S/C9H3N5O3S.Na.H/c10-3-5(4-11)6-1-2-7(13(15)16)9-8(6)12-18-14(9)17;;/h1-2,5H;;/q;+1;-1. The number of fused-ring (bicyclic) bond motifs is 1. The first-order valence-corrected chi connectivity index (χ1v) is 5.29. The van der Waals surface area contributed by atoms with Gasteiger partial charge in [0, 0.05) is 16.0 Å². The van der Waals surface area contributed by atoms with Crippen molar-refractivity contribution in [2.24, 2.45) is 0 Å². The molecule has 10 heteroatoms. The molecule has 8 nitrogen and oxygen atoms in total. The Kier molecular flexibility index (Phi) is 4.75. The SMILES string of the molecule is N#CC(C#N)c1ccc([N+](=O)[O-])c2c1ns[n+]2[O-].[H-].[Na+]. The second kappa shape index (κ2) is 5.91. The third-order valence-electron chi connectivity index (χ3n) is 2.32. The third kappa shape index (κ3) is 2.50. The van der Waals surface area contributed by atoms with Gasteiger partial charge in [0.2, 0.25) is 0 Å².